The van der Waals surface area contributed by atoms with Gasteiger partial charge in [-0.1, -0.05) is 6.07 Å². The number of amides is 1. The lowest BCUT2D eigenvalue weighted by Crippen LogP contribution is -2.46. The van der Waals surface area contributed by atoms with Gasteiger partial charge >= 0.3 is 6.09 Å². The molecular formula is C20H27BrN2O6S. The number of piperidine rings is 1. The lowest BCUT2D eigenvalue weighted by Gasteiger charge is -2.29. The first-order valence-corrected chi connectivity index (χ1v) is 12.3. The first-order valence-electron chi connectivity index (χ1n) is 9.71. The van der Waals surface area contributed by atoms with Gasteiger partial charge in [-0.3, -0.25) is 13.9 Å². The van der Waals surface area contributed by atoms with Crippen LogP contribution in [-0.4, -0.2) is 60.7 Å². The summed E-state index contributed by atoms with van der Waals surface area (Å²) in [6, 6.07) is 2.69. The topological polar surface area (TPSA) is 103 Å². The smallest absolute Gasteiger partial charge is 0.411 e. The van der Waals surface area contributed by atoms with Crippen LogP contribution in [0, 0.1) is 12.3 Å². The van der Waals surface area contributed by atoms with Gasteiger partial charge in [0.25, 0.3) is 10.1 Å². The monoisotopic (exact) mass is 502 g/mol. The average molecular weight is 503 g/mol. The van der Waals surface area contributed by atoms with Crippen molar-refractivity contribution in [1.82, 2.24) is 9.88 Å². The number of fused-ring (bicyclic) bond motifs is 1. The van der Waals surface area contributed by atoms with Crippen molar-refractivity contribution < 1.29 is 26.9 Å². The molecule has 1 amide bonds. The highest BCUT2D eigenvalue weighted by atomic mass is 79.9. The van der Waals surface area contributed by atoms with Crippen molar-refractivity contribution in [1.29, 1.82) is 0 Å². The molecule has 0 bridgehead atoms. The van der Waals surface area contributed by atoms with Gasteiger partial charge in [-0.25, -0.2) is 9.78 Å². The van der Waals surface area contributed by atoms with E-state index in [4.69, 9.17) is 8.92 Å². The van der Waals surface area contributed by atoms with Gasteiger partial charge in [0.2, 0.25) is 0 Å². The molecule has 1 saturated heterocycles. The van der Waals surface area contributed by atoms with Gasteiger partial charge in [0, 0.05) is 11.5 Å². The molecule has 166 valence electrons. The molecule has 0 spiro atoms. The van der Waals surface area contributed by atoms with Gasteiger partial charge in [0.1, 0.15) is 10.2 Å². The Bertz CT molecular complexity index is 974. The lowest BCUT2D eigenvalue weighted by molar-refractivity contribution is -0.123. The van der Waals surface area contributed by atoms with Crippen molar-refractivity contribution in [3.63, 3.8) is 0 Å². The van der Waals surface area contributed by atoms with Crippen LogP contribution in [-0.2, 0) is 30.3 Å². The van der Waals surface area contributed by atoms with E-state index in [9.17, 15) is 18.0 Å². The quantitative estimate of drug-likeness (QED) is 0.434. The molecule has 3 rings (SSSR count). The van der Waals surface area contributed by atoms with E-state index in [1.807, 2.05) is 13.0 Å². The van der Waals surface area contributed by atoms with Crippen LogP contribution in [0.3, 0.4) is 0 Å². The maximum absolute atomic E-state index is 13.2. The van der Waals surface area contributed by atoms with Gasteiger partial charge in [-0.05, 0) is 68.1 Å². The SMILES string of the molecule is Cc1ccc(Br)nc1CC(=O)[C@@H]1CC2(COS(C)(=O)=O)CC2N1C(=O)OC(C)(C)C. The Morgan fingerprint density at radius 3 is 2.57 bits per heavy atom. The van der Waals surface area contributed by atoms with Crippen LogP contribution in [0.2, 0.25) is 0 Å². The summed E-state index contributed by atoms with van der Waals surface area (Å²) in [4.78, 5) is 32.0. The maximum Gasteiger partial charge on any atom is 0.411 e. The van der Waals surface area contributed by atoms with E-state index >= 15 is 0 Å². The third-order valence-electron chi connectivity index (χ3n) is 5.46. The zero-order valence-corrected chi connectivity index (χ0v) is 20.2. The van der Waals surface area contributed by atoms with Crippen molar-refractivity contribution in [3.8, 4) is 0 Å². The predicted octanol–water partition coefficient (Wildman–Crippen LogP) is 3.01. The number of aryl methyl sites for hydroxylation is 1. The van der Waals surface area contributed by atoms with Crippen LogP contribution in [0.4, 0.5) is 4.79 Å². The van der Waals surface area contributed by atoms with Gasteiger partial charge in [-0.15, -0.1) is 0 Å². The first kappa shape index (κ1) is 23.1. The number of hydrogen-bond donors (Lipinski definition) is 0. The maximum atomic E-state index is 13.2. The Morgan fingerprint density at radius 2 is 1.97 bits per heavy atom. The van der Waals surface area contributed by atoms with Crippen molar-refractivity contribution >= 4 is 37.9 Å². The number of likely N-dealkylation sites (tertiary alicyclic amines) is 1. The fourth-order valence-corrected chi connectivity index (χ4v) is 4.72. The number of hydrogen-bond acceptors (Lipinski definition) is 7. The molecule has 1 saturated carbocycles. The molecule has 30 heavy (non-hydrogen) atoms. The summed E-state index contributed by atoms with van der Waals surface area (Å²) in [5.41, 5.74) is 0.269. The number of aromatic nitrogens is 1. The summed E-state index contributed by atoms with van der Waals surface area (Å²) in [7, 11) is -3.62. The van der Waals surface area contributed by atoms with E-state index in [2.05, 4.69) is 20.9 Å². The highest BCUT2D eigenvalue weighted by Crippen LogP contribution is 2.60. The number of nitrogens with zero attached hydrogens (tertiary/aromatic N) is 2. The number of Topliss-reactive ketones (excluding diaryl/α,β-unsaturated/α-hetero) is 1. The summed E-state index contributed by atoms with van der Waals surface area (Å²) >= 11 is 3.32. The fraction of sp³-hybridized carbons (Fsp3) is 0.650. The highest BCUT2D eigenvalue weighted by Gasteiger charge is 2.68. The Morgan fingerprint density at radius 1 is 1.30 bits per heavy atom. The van der Waals surface area contributed by atoms with Crippen molar-refractivity contribution in [2.75, 3.05) is 12.9 Å². The second-order valence-electron chi connectivity index (χ2n) is 9.20. The largest absolute Gasteiger partial charge is 0.444 e. The van der Waals surface area contributed by atoms with E-state index in [0.29, 0.717) is 23.1 Å². The Labute approximate surface area is 185 Å². The molecule has 2 unspecified atom stereocenters. The summed E-state index contributed by atoms with van der Waals surface area (Å²) in [6.45, 7) is 7.12. The van der Waals surface area contributed by atoms with Crippen LogP contribution in [0.1, 0.15) is 44.9 Å². The Hall–Kier alpha value is -1.52. The molecule has 0 N–H and O–H groups in total. The summed E-state index contributed by atoms with van der Waals surface area (Å²) in [5, 5.41) is 0. The minimum Gasteiger partial charge on any atom is -0.444 e. The number of ketones is 1. The molecule has 3 atom stereocenters. The number of carbonyl (C=O) groups is 2. The minimum absolute atomic E-state index is 0.0479. The normalized spacial score (nSPS) is 25.7. The molecule has 2 heterocycles. The second-order valence-corrected chi connectivity index (χ2v) is 11.7. The van der Waals surface area contributed by atoms with E-state index in [1.165, 1.54) is 4.90 Å². The molecule has 1 aliphatic heterocycles. The van der Waals surface area contributed by atoms with Gasteiger partial charge < -0.3 is 4.74 Å². The molecule has 10 heteroatoms. The zero-order chi connectivity index (χ0) is 22.5. The number of rotatable bonds is 6. The standard InChI is InChI=1S/C20H27BrN2O6S/c1-12-6-7-17(21)22-13(12)8-15(24)14-9-20(11-28-30(5,26)27)10-16(20)23(14)18(25)29-19(2,3)4/h6-7,14,16H,8-11H2,1-5H3/t14-,16?,20?/m0/s1. The summed E-state index contributed by atoms with van der Waals surface area (Å²) in [6.07, 6.45) is 1.43. The third kappa shape index (κ3) is 5.20. The molecule has 0 aromatic carbocycles. The first-order chi connectivity index (χ1) is 13.7. The van der Waals surface area contributed by atoms with E-state index < -0.39 is 33.3 Å². The van der Waals surface area contributed by atoms with Crippen molar-refractivity contribution in [2.45, 2.75) is 64.6 Å². The minimum atomic E-state index is -3.62. The number of carbonyl (C=O) groups excluding carboxylic acids is 2. The molecule has 1 aliphatic carbocycles. The van der Waals surface area contributed by atoms with Crippen LogP contribution < -0.4 is 0 Å². The Balaban J connectivity index is 1.83. The van der Waals surface area contributed by atoms with Crippen LogP contribution in [0.25, 0.3) is 0 Å². The Kier molecular flexibility index (Phi) is 6.07. The average Bonchev–Trinajstić information content (AvgIpc) is 3.18. The van der Waals surface area contributed by atoms with E-state index in [0.717, 1.165) is 11.8 Å². The fourth-order valence-electron chi connectivity index (χ4n) is 3.92. The van der Waals surface area contributed by atoms with Crippen LogP contribution >= 0.6 is 15.9 Å². The van der Waals surface area contributed by atoms with Crippen LogP contribution in [0.5, 0.6) is 0 Å². The molecule has 0 radical (unpaired) electrons. The molecular weight excluding hydrogens is 476 g/mol. The molecule has 8 nitrogen and oxygen atoms in total. The van der Waals surface area contributed by atoms with Gasteiger partial charge in [0.05, 0.1) is 31.0 Å². The number of pyridine rings is 1. The van der Waals surface area contributed by atoms with Crippen LogP contribution in [0.15, 0.2) is 16.7 Å². The second kappa shape index (κ2) is 7.87. The zero-order valence-electron chi connectivity index (χ0n) is 17.8. The lowest BCUT2D eigenvalue weighted by atomic mass is 9.95. The van der Waals surface area contributed by atoms with Gasteiger partial charge in [0.15, 0.2) is 5.78 Å². The molecule has 1 aromatic rings. The van der Waals surface area contributed by atoms with E-state index in [1.54, 1.807) is 26.8 Å². The van der Waals surface area contributed by atoms with Crippen molar-refractivity contribution in [2.24, 2.45) is 5.41 Å². The summed E-state index contributed by atoms with van der Waals surface area (Å²) in [5.74, 6) is -0.152. The molecule has 1 aromatic heterocycles. The summed E-state index contributed by atoms with van der Waals surface area (Å²) < 4.78 is 34.1. The van der Waals surface area contributed by atoms with Gasteiger partial charge in [-0.2, -0.15) is 8.42 Å². The highest BCUT2D eigenvalue weighted by molar-refractivity contribution is 9.10. The predicted molar refractivity (Wildman–Crippen MR) is 113 cm³/mol. The van der Waals surface area contributed by atoms with E-state index in [-0.39, 0.29) is 24.9 Å². The number of ether oxygens (including phenoxy) is 1. The molecule has 2 fully saturated rings. The van der Waals surface area contributed by atoms with Crippen molar-refractivity contribution in [3.05, 3.63) is 28.0 Å². The third-order valence-corrected chi connectivity index (χ3v) is 6.45. The number of halogens is 1. The molecule has 2 aliphatic rings.